The SMILES string of the molecule is NC(=O)C#Cc1cc(F)cc(Br)c1. The predicted molar refractivity (Wildman–Crippen MR) is 50.2 cm³/mol. The zero-order chi connectivity index (χ0) is 9.84. The molecule has 0 aromatic heterocycles. The van der Waals surface area contributed by atoms with Gasteiger partial charge in [-0.1, -0.05) is 21.9 Å². The molecule has 2 nitrogen and oxygen atoms in total. The lowest BCUT2D eigenvalue weighted by Gasteiger charge is -1.92. The Morgan fingerprint density at radius 2 is 2.15 bits per heavy atom. The maximum absolute atomic E-state index is 12.7. The van der Waals surface area contributed by atoms with Gasteiger partial charge in [0.2, 0.25) is 0 Å². The summed E-state index contributed by atoms with van der Waals surface area (Å²) in [7, 11) is 0. The Morgan fingerprint density at radius 3 is 2.69 bits per heavy atom. The highest BCUT2D eigenvalue weighted by molar-refractivity contribution is 9.10. The Morgan fingerprint density at radius 1 is 1.46 bits per heavy atom. The van der Waals surface area contributed by atoms with E-state index in [1.807, 2.05) is 0 Å². The van der Waals surface area contributed by atoms with E-state index in [1.165, 1.54) is 12.1 Å². The second kappa shape index (κ2) is 4.06. The maximum atomic E-state index is 12.7. The fraction of sp³-hybridized carbons (Fsp3) is 0. The third-order valence-electron chi connectivity index (χ3n) is 1.19. The number of hydrogen-bond acceptors (Lipinski definition) is 1. The first kappa shape index (κ1) is 9.75. The molecule has 4 heteroatoms. The van der Waals surface area contributed by atoms with E-state index in [9.17, 15) is 9.18 Å². The number of rotatable bonds is 0. The van der Waals surface area contributed by atoms with Crippen molar-refractivity contribution in [3.8, 4) is 11.8 Å². The van der Waals surface area contributed by atoms with Crippen LogP contribution in [0.2, 0.25) is 0 Å². The van der Waals surface area contributed by atoms with Crippen molar-refractivity contribution >= 4 is 21.8 Å². The van der Waals surface area contributed by atoms with Crippen LogP contribution in [0.15, 0.2) is 22.7 Å². The summed E-state index contributed by atoms with van der Waals surface area (Å²) in [6, 6.07) is 4.12. The third kappa shape index (κ3) is 3.26. The standard InChI is InChI=1S/C9H5BrFNO/c10-7-3-6(1-2-9(12)13)4-8(11)5-7/h3-5H,(H2,12,13). The Kier molecular flexibility index (Phi) is 3.04. The highest BCUT2D eigenvalue weighted by atomic mass is 79.9. The van der Waals surface area contributed by atoms with E-state index in [0.717, 1.165) is 0 Å². The van der Waals surface area contributed by atoms with Gasteiger partial charge in [0, 0.05) is 10.0 Å². The van der Waals surface area contributed by atoms with Gasteiger partial charge in [0.25, 0.3) is 5.91 Å². The Bertz CT molecular complexity index is 386. The van der Waals surface area contributed by atoms with E-state index < -0.39 is 11.7 Å². The highest BCUT2D eigenvalue weighted by Gasteiger charge is 1.95. The topological polar surface area (TPSA) is 43.1 Å². The van der Waals surface area contributed by atoms with Gasteiger partial charge in [-0.05, 0) is 24.1 Å². The van der Waals surface area contributed by atoms with E-state index in [2.05, 4.69) is 27.8 Å². The molecule has 0 aliphatic rings. The summed E-state index contributed by atoms with van der Waals surface area (Å²) in [6.45, 7) is 0. The van der Waals surface area contributed by atoms with Gasteiger partial charge in [-0.15, -0.1) is 0 Å². The number of hydrogen-bond donors (Lipinski definition) is 1. The molecule has 2 N–H and O–H groups in total. The Balaban J connectivity index is 3.04. The quantitative estimate of drug-likeness (QED) is 0.687. The van der Waals surface area contributed by atoms with Crippen LogP contribution in [-0.4, -0.2) is 5.91 Å². The largest absolute Gasteiger partial charge is 0.359 e. The van der Waals surface area contributed by atoms with Gasteiger partial charge in [0.05, 0.1) is 0 Å². The normalized spacial score (nSPS) is 8.77. The molecule has 0 fully saturated rings. The minimum atomic E-state index is -0.736. The molecule has 1 aromatic carbocycles. The number of benzene rings is 1. The lowest BCUT2D eigenvalue weighted by Crippen LogP contribution is -2.06. The Labute approximate surface area is 83.1 Å². The van der Waals surface area contributed by atoms with Gasteiger partial charge in [-0.25, -0.2) is 4.39 Å². The van der Waals surface area contributed by atoms with Crippen LogP contribution in [0, 0.1) is 17.7 Å². The molecule has 0 saturated carbocycles. The third-order valence-corrected chi connectivity index (χ3v) is 1.65. The van der Waals surface area contributed by atoms with Crippen LogP contribution >= 0.6 is 15.9 Å². The molecule has 0 aliphatic carbocycles. The molecule has 0 atom stereocenters. The van der Waals surface area contributed by atoms with Gasteiger partial charge < -0.3 is 5.73 Å². The second-order valence-electron chi connectivity index (χ2n) is 2.27. The second-order valence-corrected chi connectivity index (χ2v) is 3.19. The van der Waals surface area contributed by atoms with Crippen molar-refractivity contribution in [2.75, 3.05) is 0 Å². The Hall–Kier alpha value is -1.34. The molecule has 0 heterocycles. The number of primary amides is 1. The van der Waals surface area contributed by atoms with E-state index in [-0.39, 0.29) is 0 Å². The van der Waals surface area contributed by atoms with Crippen molar-refractivity contribution in [3.05, 3.63) is 34.1 Å². The summed E-state index contributed by atoms with van der Waals surface area (Å²) >= 11 is 3.10. The minimum absolute atomic E-state index is 0.408. The molecule has 0 saturated heterocycles. The first-order valence-electron chi connectivity index (χ1n) is 3.35. The van der Waals surface area contributed by atoms with Crippen LogP contribution in [0.4, 0.5) is 4.39 Å². The van der Waals surface area contributed by atoms with Crippen LogP contribution in [0.5, 0.6) is 0 Å². The zero-order valence-electron chi connectivity index (χ0n) is 6.47. The summed E-state index contributed by atoms with van der Waals surface area (Å²) < 4.78 is 13.3. The number of amides is 1. The van der Waals surface area contributed by atoms with Crippen molar-refractivity contribution in [2.24, 2.45) is 5.73 Å². The van der Waals surface area contributed by atoms with Crippen molar-refractivity contribution in [1.29, 1.82) is 0 Å². The molecule has 0 aliphatic heterocycles. The average molecular weight is 242 g/mol. The fourth-order valence-corrected chi connectivity index (χ4v) is 1.23. The smallest absolute Gasteiger partial charge is 0.293 e. The number of carbonyl (C=O) groups is 1. The van der Waals surface area contributed by atoms with Crippen LogP contribution in [0.25, 0.3) is 0 Å². The average Bonchev–Trinajstić information content (AvgIpc) is 1.99. The van der Waals surface area contributed by atoms with Crippen LogP contribution in [-0.2, 0) is 4.79 Å². The first-order chi connectivity index (χ1) is 6.08. The molecule has 0 unspecified atom stereocenters. The van der Waals surface area contributed by atoms with Gasteiger partial charge in [-0.2, -0.15) is 0 Å². The van der Waals surface area contributed by atoms with Gasteiger partial charge in [0.1, 0.15) is 5.82 Å². The van der Waals surface area contributed by atoms with Crippen molar-refractivity contribution in [2.45, 2.75) is 0 Å². The summed E-state index contributed by atoms with van der Waals surface area (Å²) in [4.78, 5) is 10.3. The number of halogens is 2. The maximum Gasteiger partial charge on any atom is 0.293 e. The summed E-state index contributed by atoms with van der Waals surface area (Å²) in [6.07, 6.45) is 0. The van der Waals surface area contributed by atoms with Gasteiger partial charge in [-0.3, -0.25) is 4.79 Å². The van der Waals surface area contributed by atoms with E-state index in [0.29, 0.717) is 10.0 Å². The molecule has 0 bridgehead atoms. The monoisotopic (exact) mass is 241 g/mol. The zero-order valence-corrected chi connectivity index (χ0v) is 8.06. The lowest BCUT2D eigenvalue weighted by atomic mass is 10.2. The number of nitrogens with two attached hydrogens (primary N) is 1. The molecule has 0 spiro atoms. The summed E-state index contributed by atoms with van der Waals surface area (Å²) in [5, 5.41) is 0. The van der Waals surface area contributed by atoms with E-state index >= 15 is 0 Å². The van der Waals surface area contributed by atoms with E-state index in [4.69, 9.17) is 5.73 Å². The molecule has 1 aromatic rings. The van der Waals surface area contributed by atoms with Gasteiger partial charge in [0.15, 0.2) is 0 Å². The molecule has 0 radical (unpaired) electrons. The summed E-state index contributed by atoms with van der Waals surface area (Å²) in [5.41, 5.74) is 5.21. The molecule has 13 heavy (non-hydrogen) atoms. The molecule has 66 valence electrons. The lowest BCUT2D eigenvalue weighted by molar-refractivity contribution is -0.112. The molecular weight excluding hydrogens is 237 g/mol. The fourth-order valence-electron chi connectivity index (χ4n) is 0.760. The van der Waals surface area contributed by atoms with Crippen LogP contribution < -0.4 is 5.73 Å². The summed E-state index contributed by atoms with van der Waals surface area (Å²) in [5.74, 6) is 3.40. The van der Waals surface area contributed by atoms with Crippen LogP contribution in [0.1, 0.15) is 5.56 Å². The molecule has 1 rings (SSSR count). The molecule has 1 amide bonds. The minimum Gasteiger partial charge on any atom is -0.359 e. The predicted octanol–water partition coefficient (Wildman–Crippen LogP) is 1.43. The van der Waals surface area contributed by atoms with Crippen molar-refractivity contribution < 1.29 is 9.18 Å². The van der Waals surface area contributed by atoms with Crippen LogP contribution in [0.3, 0.4) is 0 Å². The first-order valence-corrected chi connectivity index (χ1v) is 4.15. The van der Waals surface area contributed by atoms with E-state index in [1.54, 1.807) is 6.07 Å². The molecular formula is C9H5BrFNO. The number of carbonyl (C=O) groups excluding carboxylic acids is 1. The highest BCUT2D eigenvalue weighted by Crippen LogP contribution is 2.13. The van der Waals surface area contributed by atoms with Crippen molar-refractivity contribution in [1.82, 2.24) is 0 Å². The van der Waals surface area contributed by atoms with Gasteiger partial charge >= 0.3 is 0 Å². The van der Waals surface area contributed by atoms with Crippen molar-refractivity contribution in [3.63, 3.8) is 0 Å².